The molecule has 0 radical (unpaired) electrons. The molecule has 33 heavy (non-hydrogen) atoms. The van der Waals surface area contributed by atoms with Gasteiger partial charge in [-0.15, -0.1) is 11.3 Å². The minimum atomic E-state index is -0.248. The molecule has 1 aliphatic heterocycles. The lowest BCUT2D eigenvalue weighted by molar-refractivity contribution is -0.134. The van der Waals surface area contributed by atoms with Crippen molar-refractivity contribution in [2.45, 2.75) is 46.5 Å². The van der Waals surface area contributed by atoms with Gasteiger partial charge in [0.15, 0.2) is 0 Å². The molecule has 2 aliphatic rings. The third-order valence-electron chi connectivity index (χ3n) is 8.19. The van der Waals surface area contributed by atoms with Gasteiger partial charge in [-0.05, 0) is 35.8 Å². The summed E-state index contributed by atoms with van der Waals surface area (Å²) in [6, 6.07) is 7.78. The Bertz CT molecular complexity index is 1220. The quantitative estimate of drug-likeness (QED) is 0.607. The topological polar surface area (TPSA) is 80.1 Å². The van der Waals surface area contributed by atoms with Crippen LogP contribution in [0.4, 0.5) is 5.95 Å². The molecule has 1 saturated heterocycles. The van der Waals surface area contributed by atoms with Gasteiger partial charge in [0.2, 0.25) is 11.9 Å². The first-order chi connectivity index (χ1) is 15.6. The SMILES string of the molecule is Cn1c(NC(=O)c2csc(C3CCN(C(=O)C4C(C)(C)C4(C)C)CC3)n2)nc2ccccc21. The van der Waals surface area contributed by atoms with Gasteiger partial charge in [0.1, 0.15) is 5.69 Å². The predicted octanol–water partition coefficient (Wildman–Crippen LogP) is 4.67. The summed E-state index contributed by atoms with van der Waals surface area (Å²) in [4.78, 5) is 37.0. The van der Waals surface area contributed by atoms with Crippen LogP contribution in [0.15, 0.2) is 29.6 Å². The van der Waals surface area contributed by atoms with Gasteiger partial charge in [-0.3, -0.25) is 14.9 Å². The molecular formula is C25H31N5O2S. The summed E-state index contributed by atoms with van der Waals surface area (Å²) in [5, 5.41) is 5.69. The Kier molecular flexibility index (Phi) is 5.12. The molecule has 5 rings (SSSR count). The Morgan fingerprint density at radius 1 is 1.06 bits per heavy atom. The van der Waals surface area contributed by atoms with E-state index < -0.39 is 0 Å². The van der Waals surface area contributed by atoms with Gasteiger partial charge >= 0.3 is 0 Å². The number of benzene rings is 1. The first-order valence-corrected chi connectivity index (χ1v) is 12.5. The maximum absolute atomic E-state index is 13.0. The number of piperidine rings is 1. The lowest BCUT2D eigenvalue weighted by Crippen LogP contribution is -2.39. The van der Waals surface area contributed by atoms with Crippen LogP contribution >= 0.6 is 11.3 Å². The first kappa shape index (κ1) is 22.1. The van der Waals surface area contributed by atoms with Gasteiger partial charge < -0.3 is 9.47 Å². The number of fused-ring (bicyclic) bond motifs is 1. The van der Waals surface area contributed by atoms with Crippen LogP contribution < -0.4 is 5.32 Å². The van der Waals surface area contributed by atoms with E-state index in [0.29, 0.717) is 17.5 Å². The average Bonchev–Trinajstić information content (AvgIpc) is 3.20. The minimum Gasteiger partial charge on any atom is -0.342 e. The number of imidazole rings is 1. The summed E-state index contributed by atoms with van der Waals surface area (Å²) < 4.78 is 1.87. The maximum Gasteiger partial charge on any atom is 0.277 e. The summed E-state index contributed by atoms with van der Waals surface area (Å²) in [5.74, 6) is 0.955. The molecule has 1 N–H and O–H groups in total. The van der Waals surface area contributed by atoms with E-state index >= 15 is 0 Å². The van der Waals surface area contributed by atoms with Crippen LogP contribution in [-0.2, 0) is 11.8 Å². The predicted molar refractivity (Wildman–Crippen MR) is 130 cm³/mol. The number of carbonyl (C=O) groups excluding carboxylic acids is 2. The number of hydrogen-bond donors (Lipinski definition) is 1. The molecule has 1 aliphatic carbocycles. The van der Waals surface area contributed by atoms with Crippen molar-refractivity contribution in [2.24, 2.45) is 23.8 Å². The fraction of sp³-hybridized carbons (Fsp3) is 0.520. The van der Waals surface area contributed by atoms with Crippen LogP contribution in [0, 0.1) is 16.7 Å². The largest absolute Gasteiger partial charge is 0.342 e. The van der Waals surface area contributed by atoms with Crippen LogP contribution in [0.1, 0.15) is 62.0 Å². The van der Waals surface area contributed by atoms with E-state index in [4.69, 9.17) is 0 Å². The van der Waals surface area contributed by atoms with Gasteiger partial charge in [-0.2, -0.15) is 0 Å². The molecule has 7 nitrogen and oxygen atoms in total. The van der Waals surface area contributed by atoms with E-state index in [9.17, 15) is 9.59 Å². The number of amides is 2. The molecule has 174 valence electrons. The van der Waals surface area contributed by atoms with Crippen molar-refractivity contribution in [3.63, 3.8) is 0 Å². The van der Waals surface area contributed by atoms with Crippen LogP contribution in [-0.4, -0.2) is 44.3 Å². The van der Waals surface area contributed by atoms with Gasteiger partial charge in [-0.1, -0.05) is 39.8 Å². The zero-order valence-electron chi connectivity index (χ0n) is 19.9. The lowest BCUT2D eigenvalue weighted by atomic mass is 9.96. The highest BCUT2D eigenvalue weighted by Gasteiger charge is 2.68. The molecule has 3 aromatic rings. The highest BCUT2D eigenvalue weighted by molar-refractivity contribution is 7.10. The van der Waals surface area contributed by atoms with Crippen molar-refractivity contribution >= 4 is 40.1 Å². The van der Waals surface area contributed by atoms with Crippen molar-refractivity contribution in [1.82, 2.24) is 19.4 Å². The van der Waals surface area contributed by atoms with Gasteiger partial charge in [0.25, 0.3) is 5.91 Å². The number of rotatable bonds is 4. The Morgan fingerprint density at radius 3 is 2.36 bits per heavy atom. The first-order valence-electron chi connectivity index (χ1n) is 11.6. The molecule has 0 atom stereocenters. The van der Waals surface area contributed by atoms with E-state index in [0.717, 1.165) is 42.0 Å². The Balaban J connectivity index is 1.21. The lowest BCUT2D eigenvalue weighted by Gasteiger charge is -2.31. The van der Waals surface area contributed by atoms with Crippen molar-refractivity contribution in [3.05, 3.63) is 40.3 Å². The number of hydrogen-bond acceptors (Lipinski definition) is 5. The normalized spacial score (nSPS) is 20.2. The number of aryl methyl sites for hydroxylation is 1. The fourth-order valence-corrected chi connectivity index (χ4v) is 6.32. The van der Waals surface area contributed by atoms with Crippen molar-refractivity contribution in [2.75, 3.05) is 18.4 Å². The highest BCUT2D eigenvalue weighted by atomic mass is 32.1. The molecule has 1 saturated carbocycles. The number of thiazole rings is 1. The molecule has 0 spiro atoms. The van der Waals surface area contributed by atoms with E-state index in [2.05, 4.69) is 43.0 Å². The summed E-state index contributed by atoms with van der Waals surface area (Å²) in [6.07, 6.45) is 1.78. The summed E-state index contributed by atoms with van der Waals surface area (Å²) >= 11 is 1.53. The zero-order chi connectivity index (χ0) is 23.5. The van der Waals surface area contributed by atoms with Crippen molar-refractivity contribution in [1.29, 1.82) is 0 Å². The van der Waals surface area contributed by atoms with E-state index in [1.165, 1.54) is 11.3 Å². The van der Waals surface area contributed by atoms with E-state index in [1.807, 2.05) is 46.2 Å². The fourth-order valence-electron chi connectivity index (χ4n) is 5.35. The van der Waals surface area contributed by atoms with Gasteiger partial charge in [-0.25, -0.2) is 9.97 Å². The van der Waals surface area contributed by atoms with Crippen LogP contribution in [0.3, 0.4) is 0 Å². The molecule has 0 bridgehead atoms. The third-order valence-corrected chi connectivity index (χ3v) is 9.20. The molecular weight excluding hydrogens is 434 g/mol. The van der Waals surface area contributed by atoms with Crippen molar-refractivity contribution in [3.8, 4) is 0 Å². The second kappa shape index (κ2) is 7.65. The molecule has 2 aromatic heterocycles. The second-order valence-corrected chi connectivity index (χ2v) is 11.4. The Labute approximate surface area is 198 Å². The monoisotopic (exact) mass is 465 g/mol. The van der Waals surface area contributed by atoms with Crippen LogP contribution in [0.2, 0.25) is 0 Å². The van der Waals surface area contributed by atoms with Gasteiger partial charge in [0.05, 0.1) is 16.0 Å². The average molecular weight is 466 g/mol. The second-order valence-electron chi connectivity index (χ2n) is 10.5. The smallest absolute Gasteiger partial charge is 0.277 e. The van der Waals surface area contributed by atoms with Crippen LogP contribution in [0.25, 0.3) is 11.0 Å². The molecule has 1 aromatic carbocycles. The number of nitrogens with zero attached hydrogens (tertiary/aromatic N) is 4. The summed E-state index contributed by atoms with van der Waals surface area (Å²) in [7, 11) is 1.89. The standard InChI is InChI=1S/C25H31N5O2S/c1-24(2)19(25(24,3)4)22(32)30-12-10-15(11-13-30)21-26-17(14-33-21)20(31)28-23-27-16-8-6-7-9-18(16)29(23)5/h6-9,14-15,19H,10-13H2,1-5H3,(H,27,28,31). The summed E-state index contributed by atoms with van der Waals surface area (Å²) in [6.45, 7) is 10.3. The van der Waals surface area contributed by atoms with Crippen molar-refractivity contribution < 1.29 is 9.59 Å². The molecule has 0 unspecified atom stereocenters. The van der Waals surface area contributed by atoms with Gasteiger partial charge in [0, 0.05) is 37.4 Å². The minimum absolute atomic E-state index is 0.0670. The third kappa shape index (κ3) is 3.55. The molecule has 2 fully saturated rings. The van der Waals surface area contributed by atoms with E-state index in [1.54, 1.807) is 0 Å². The summed E-state index contributed by atoms with van der Waals surface area (Å²) in [5.41, 5.74) is 2.36. The Morgan fingerprint density at radius 2 is 1.73 bits per heavy atom. The van der Waals surface area contributed by atoms with Crippen LogP contribution in [0.5, 0.6) is 0 Å². The Hall–Kier alpha value is -2.74. The zero-order valence-corrected chi connectivity index (χ0v) is 20.7. The number of para-hydroxylation sites is 2. The maximum atomic E-state index is 13.0. The van der Waals surface area contributed by atoms with E-state index in [-0.39, 0.29) is 28.6 Å². The number of carbonyl (C=O) groups is 2. The number of aromatic nitrogens is 3. The highest BCUT2D eigenvalue weighted by Crippen LogP contribution is 2.68. The molecule has 2 amide bonds. The number of anilines is 1. The number of likely N-dealkylation sites (tertiary alicyclic amines) is 1. The number of nitrogens with one attached hydrogen (secondary N) is 1. The molecule has 8 heteroatoms. The molecule has 3 heterocycles.